The largest absolute Gasteiger partial charge is 0.326 e. The van der Waals surface area contributed by atoms with E-state index in [1.54, 1.807) is 36.4 Å². The van der Waals surface area contributed by atoms with Gasteiger partial charge in [0.05, 0.1) is 6.54 Å². The summed E-state index contributed by atoms with van der Waals surface area (Å²) in [5.41, 5.74) is 2.26. The number of ketones is 1. The van der Waals surface area contributed by atoms with Gasteiger partial charge in [-0.05, 0) is 54.9 Å². The van der Waals surface area contributed by atoms with Crippen LogP contribution in [0, 0.1) is 0 Å². The number of rotatable bonds is 7. The molecular formula is C18H18Cl2N2O2. The highest BCUT2D eigenvalue weighted by Gasteiger charge is 2.06. The Bertz CT molecular complexity index is 730. The highest BCUT2D eigenvalue weighted by molar-refractivity contribution is 6.35. The van der Waals surface area contributed by atoms with Gasteiger partial charge in [-0.25, -0.2) is 0 Å². The van der Waals surface area contributed by atoms with Gasteiger partial charge in [0.15, 0.2) is 5.78 Å². The molecular weight excluding hydrogens is 347 g/mol. The average molecular weight is 365 g/mol. The maximum atomic E-state index is 12.1. The fourth-order valence-corrected chi connectivity index (χ4v) is 2.70. The number of carbonyl (C=O) groups is 2. The van der Waals surface area contributed by atoms with Crippen LogP contribution in [-0.4, -0.2) is 24.8 Å². The van der Waals surface area contributed by atoms with Crippen LogP contribution < -0.4 is 10.6 Å². The lowest BCUT2D eigenvalue weighted by molar-refractivity contribution is -0.114. The van der Waals surface area contributed by atoms with Gasteiger partial charge < -0.3 is 10.6 Å². The van der Waals surface area contributed by atoms with Crippen LogP contribution in [0.25, 0.3) is 0 Å². The third kappa shape index (κ3) is 5.64. The van der Waals surface area contributed by atoms with Crippen molar-refractivity contribution in [2.45, 2.75) is 13.3 Å². The van der Waals surface area contributed by atoms with E-state index in [9.17, 15) is 9.59 Å². The molecule has 2 rings (SSSR count). The van der Waals surface area contributed by atoms with E-state index in [1.807, 2.05) is 6.07 Å². The monoisotopic (exact) mass is 364 g/mol. The van der Waals surface area contributed by atoms with Crippen LogP contribution in [0.4, 0.5) is 5.69 Å². The molecule has 0 spiro atoms. The number of Topliss-reactive ketones (excluding diaryl/α,β-unsaturated/α-hetero) is 1. The molecule has 0 unspecified atom stereocenters. The van der Waals surface area contributed by atoms with Gasteiger partial charge in [-0.15, -0.1) is 0 Å². The first kappa shape index (κ1) is 18.5. The number of nitrogens with one attached hydrogen (secondary N) is 2. The zero-order valence-electron chi connectivity index (χ0n) is 13.2. The second-order valence-electron chi connectivity index (χ2n) is 5.34. The second-order valence-corrected chi connectivity index (χ2v) is 6.19. The molecule has 0 saturated carbocycles. The fraction of sp³-hybridized carbons (Fsp3) is 0.222. The minimum absolute atomic E-state index is 0.00780. The van der Waals surface area contributed by atoms with E-state index in [4.69, 9.17) is 23.2 Å². The standard InChI is InChI=1S/C18H18Cl2N2O2/c1-12(23)22-16-6-3-14(4-7-16)18(24)11-21-9-8-13-2-5-15(19)10-17(13)20/h2-7,10,21H,8-9,11H2,1H3,(H,22,23). The van der Waals surface area contributed by atoms with E-state index >= 15 is 0 Å². The van der Waals surface area contributed by atoms with Crippen molar-refractivity contribution < 1.29 is 9.59 Å². The van der Waals surface area contributed by atoms with E-state index in [0.717, 1.165) is 5.56 Å². The number of amides is 1. The Balaban J connectivity index is 1.79. The molecule has 4 nitrogen and oxygen atoms in total. The van der Waals surface area contributed by atoms with Crippen molar-refractivity contribution in [1.82, 2.24) is 5.32 Å². The number of carbonyl (C=O) groups excluding carboxylic acids is 2. The van der Waals surface area contributed by atoms with Crippen LogP contribution in [0.15, 0.2) is 42.5 Å². The third-order valence-corrected chi connectivity index (χ3v) is 3.99. The van der Waals surface area contributed by atoms with Gasteiger partial charge in [-0.3, -0.25) is 9.59 Å². The van der Waals surface area contributed by atoms with Gasteiger partial charge in [0.2, 0.25) is 5.91 Å². The predicted octanol–water partition coefficient (Wildman–Crippen LogP) is 3.97. The van der Waals surface area contributed by atoms with Gasteiger partial charge >= 0.3 is 0 Å². The highest BCUT2D eigenvalue weighted by Crippen LogP contribution is 2.21. The quantitative estimate of drug-likeness (QED) is 0.577. The molecule has 0 bridgehead atoms. The molecule has 0 radical (unpaired) electrons. The third-order valence-electron chi connectivity index (χ3n) is 3.40. The van der Waals surface area contributed by atoms with Gasteiger partial charge in [0, 0.05) is 28.2 Å². The van der Waals surface area contributed by atoms with Gasteiger partial charge in [-0.1, -0.05) is 29.3 Å². The van der Waals surface area contributed by atoms with Gasteiger partial charge in [-0.2, -0.15) is 0 Å². The summed E-state index contributed by atoms with van der Waals surface area (Å²) >= 11 is 12.0. The number of anilines is 1. The Hall–Kier alpha value is -1.88. The summed E-state index contributed by atoms with van der Waals surface area (Å²) < 4.78 is 0. The number of halogens is 2. The summed E-state index contributed by atoms with van der Waals surface area (Å²) in [7, 11) is 0. The first-order valence-corrected chi connectivity index (χ1v) is 8.27. The molecule has 0 aliphatic heterocycles. The van der Waals surface area contributed by atoms with Crippen LogP contribution in [0.5, 0.6) is 0 Å². The molecule has 2 aromatic carbocycles. The minimum Gasteiger partial charge on any atom is -0.326 e. The molecule has 0 heterocycles. The number of hydrogen-bond donors (Lipinski definition) is 2. The molecule has 24 heavy (non-hydrogen) atoms. The summed E-state index contributed by atoms with van der Waals surface area (Å²) in [4.78, 5) is 23.1. The Morgan fingerprint density at radius 3 is 2.38 bits per heavy atom. The van der Waals surface area contributed by atoms with Crippen LogP contribution in [0.1, 0.15) is 22.8 Å². The van der Waals surface area contributed by atoms with Crippen LogP contribution in [0.3, 0.4) is 0 Å². The maximum Gasteiger partial charge on any atom is 0.221 e. The number of benzene rings is 2. The van der Waals surface area contributed by atoms with Crippen molar-refractivity contribution in [1.29, 1.82) is 0 Å². The Morgan fingerprint density at radius 1 is 1.04 bits per heavy atom. The van der Waals surface area contributed by atoms with Crippen LogP contribution >= 0.6 is 23.2 Å². The molecule has 0 aliphatic carbocycles. The van der Waals surface area contributed by atoms with Crippen LogP contribution in [-0.2, 0) is 11.2 Å². The maximum absolute atomic E-state index is 12.1. The lowest BCUT2D eigenvalue weighted by Gasteiger charge is -2.07. The molecule has 0 atom stereocenters. The van der Waals surface area contributed by atoms with E-state index in [-0.39, 0.29) is 18.2 Å². The summed E-state index contributed by atoms with van der Waals surface area (Å²) in [6, 6.07) is 12.2. The average Bonchev–Trinajstić information content (AvgIpc) is 2.53. The van der Waals surface area contributed by atoms with Crippen molar-refractivity contribution >= 4 is 40.6 Å². The van der Waals surface area contributed by atoms with E-state index in [1.165, 1.54) is 6.92 Å². The molecule has 0 aromatic heterocycles. The fourth-order valence-electron chi connectivity index (χ4n) is 2.19. The molecule has 126 valence electrons. The molecule has 0 aliphatic rings. The normalized spacial score (nSPS) is 10.5. The Labute approximate surface area is 151 Å². The second kappa shape index (κ2) is 8.83. The summed E-state index contributed by atoms with van der Waals surface area (Å²) in [5, 5.41) is 7.01. The van der Waals surface area contributed by atoms with E-state index in [2.05, 4.69) is 10.6 Å². The minimum atomic E-state index is -0.142. The number of hydrogen-bond acceptors (Lipinski definition) is 3. The first-order valence-electron chi connectivity index (χ1n) is 7.51. The Kier molecular flexibility index (Phi) is 6.79. The molecule has 0 saturated heterocycles. The SMILES string of the molecule is CC(=O)Nc1ccc(C(=O)CNCCc2ccc(Cl)cc2Cl)cc1. The van der Waals surface area contributed by atoms with Crippen LogP contribution in [0.2, 0.25) is 10.0 Å². The molecule has 6 heteroatoms. The highest BCUT2D eigenvalue weighted by atomic mass is 35.5. The summed E-state index contributed by atoms with van der Waals surface area (Å²) in [5.74, 6) is -0.150. The van der Waals surface area contributed by atoms with Gasteiger partial charge in [0.25, 0.3) is 0 Å². The predicted molar refractivity (Wildman–Crippen MR) is 98.1 cm³/mol. The topological polar surface area (TPSA) is 58.2 Å². The molecule has 1 amide bonds. The molecule has 2 aromatic rings. The van der Waals surface area contributed by atoms with Crippen molar-refractivity contribution in [2.24, 2.45) is 0 Å². The van der Waals surface area contributed by atoms with Crippen molar-refractivity contribution in [3.63, 3.8) is 0 Å². The lowest BCUT2D eigenvalue weighted by Crippen LogP contribution is -2.25. The Morgan fingerprint density at radius 2 is 1.75 bits per heavy atom. The van der Waals surface area contributed by atoms with E-state index < -0.39 is 0 Å². The molecule has 0 fully saturated rings. The van der Waals surface area contributed by atoms with Crippen molar-refractivity contribution in [3.05, 3.63) is 63.6 Å². The first-order chi connectivity index (χ1) is 11.5. The molecule has 2 N–H and O–H groups in total. The zero-order chi connectivity index (χ0) is 17.5. The zero-order valence-corrected chi connectivity index (χ0v) is 14.7. The smallest absolute Gasteiger partial charge is 0.221 e. The summed E-state index contributed by atoms with van der Waals surface area (Å²) in [6.45, 7) is 2.32. The van der Waals surface area contributed by atoms with Gasteiger partial charge in [0.1, 0.15) is 0 Å². The van der Waals surface area contributed by atoms with Crippen molar-refractivity contribution in [3.8, 4) is 0 Å². The van der Waals surface area contributed by atoms with Crippen molar-refractivity contribution in [2.75, 3.05) is 18.4 Å². The lowest BCUT2D eigenvalue weighted by atomic mass is 10.1. The van der Waals surface area contributed by atoms with E-state index in [0.29, 0.717) is 34.3 Å². The summed E-state index contributed by atoms with van der Waals surface area (Å²) in [6.07, 6.45) is 0.713.